The summed E-state index contributed by atoms with van der Waals surface area (Å²) in [5, 5.41) is 0. The summed E-state index contributed by atoms with van der Waals surface area (Å²) in [6.07, 6.45) is 7.09. The molecule has 1 saturated carbocycles. The lowest BCUT2D eigenvalue weighted by Crippen LogP contribution is -2.23. The summed E-state index contributed by atoms with van der Waals surface area (Å²) in [5.41, 5.74) is 1.05. The van der Waals surface area contributed by atoms with E-state index in [9.17, 15) is 9.70 Å². The van der Waals surface area contributed by atoms with Gasteiger partial charge in [0.05, 0.1) is 6.61 Å². The summed E-state index contributed by atoms with van der Waals surface area (Å²) < 4.78 is 6.89. The molecule has 0 spiro atoms. The van der Waals surface area contributed by atoms with E-state index in [0.29, 0.717) is 23.6 Å². The molecule has 1 fully saturated rings. The van der Waals surface area contributed by atoms with Crippen molar-refractivity contribution in [3.8, 4) is 5.75 Å². The lowest BCUT2D eigenvalue weighted by molar-refractivity contribution is -0.482. The van der Waals surface area contributed by atoms with Crippen LogP contribution in [0.3, 0.4) is 0 Å². The Balaban J connectivity index is 1.28. The monoisotopic (exact) mass is 396 g/mol. The standard InChI is InChI=1S/C23H26NO3S/c25-23-20-11-4-5-12-21(20)24(26)22(23)13-14-28-19-10-6-9-18(15-19)27-16-17-7-2-1-3-8-17/h4-6,9-12,15,17,22H,1-3,7-8,13-14,16H2/q+1. The van der Waals surface area contributed by atoms with Gasteiger partial charge < -0.3 is 4.74 Å². The van der Waals surface area contributed by atoms with E-state index < -0.39 is 6.04 Å². The van der Waals surface area contributed by atoms with Gasteiger partial charge in [0.2, 0.25) is 5.78 Å². The third kappa shape index (κ3) is 4.30. The first kappa shape index (κ1) is 19.2. The smallest absolute Gasteiger partial charge is 0.271 e. The zero-order valence-corrected chi connectivity index (χ0v) is 16.8. The molecular formula is C23H26NO3S+. The lowest BCUT2D eigenvalue weighted by atomic mass is 9.90. The van der Waals surface area contributed by atoms with Gasteiger partial charge in [0.25, 0.3) is 11.7 Å². The number of benzene rings is 2. The van der Waals surface area contributed by atoms with Crippen LogP contribution in [0.1, 0.15) is 48.9 Å². The Morgan fingerprint density at radius 2 is 1.86 bits per heavy atom. The minimum Gasteiger partial charge on any atom is -0.493 e. The van der Waals surface area contributed by atoms with E-state index >= 15 is 0 Å². The number of carbonyl (C=O) groups excluding carboxylic acids is 1. The van der Waals surface area contributed by atoms with Gasteiger partial charge in [-0.3, -0.25) is 4.79 Å². The maximum absolute atomic E-state index is 12.5. The highest BCUT2D eigenvalue weighted by molar-refractivity contribution is 7.99. The van der Waals surface area contributed by atoms with Crippen LogP contribution < -0.4 is 4.74 Å². The molecule has 2 aromatic carbocycles. The largest absolute Gasteiger partial charge is 0.493 e. The molecule has 0 saturated heterocycles. The maximum Gasteiger partial charge on any atom is 0.271 e. The molecule has 4 rings (SSSR count). The fraction of sp³-hybridized carbons (Fsp3) is 0.435. The van der Waals surface area contributed by atoms with Crippen molar-refractivity contribution in [3.05, 3.63) is 59.0 Å². The minimum atomic E-state index is -0.601. The van der Waals surface area contributed by atoms with E-state index in [0.717, 1.165) is 27.8 Å². The Morgan fingerprint density at radius 3 is 2.68 bits per heavy atom. The van der Waals surface area contributed by atoms with Crippen molar-refractivity contribution in [2.24, 2.45) is 5.92 Å². The van der Waals surface area contributed by atoms with Crippen LogP contribution in [-0.4, -0.2) is 28.9 Å². The molecule has 1 atom stereocenters. The van der Waals surface area contributed by atoms with Crippen LogP contribution in [-0.2, 0) is 0 Å². The highest BCUT2D eigenvalue weighted by atomic mass is 32.2. The zero-order valence-electron chi connectivity index (χ0n) is 16.0. The number of nitroso groups, excluding NO2 is 1. The topological polar surface area (TPSA) is 46.4 Å². The van der Waals surface area contributed by atoms with Crippen LogP contribution in [0, 0.1) is 10.8 Å². The molecule has 1 unspecified atom stereocenters. The molecule has 0 radical (unpaired) electrons. The summed E-state index contributed by atoms with van der Waals surface area (Å²) >= 11 is 1.67. The summed E-state index contributed by atoms with van der Waals surface area (Å²) in [7, 11) is 0. The molecule has 2 aliphatic rings. The average molecular weight is 397 g/mol. The quantitative estimate of drug-likeness (QED) is 0.438. The molecule has 0 amide bonds. The van der Waals surface area contributed by atoms with E-state index in [1.165, 1.54) is 32.1 Å². The van der Waals surface area contributed by atoms with Gasteiger partial charge >= 0.3 is 0 Å². The van der Waals surface area contributed by atoms with Gasteiger partial charge in [0, 0.05) is 32.8 Å². The van der Waals surface area contributed by atoms with Gasteiger partial charge in [-0.1, -0.05) is 37.5 Å². The molecule has 2 aromatic rings. The summed E-state index contributed by atoms with van der Waals surface area (Å²) in [4.78, 5) is 26.0. The van der Waals surface area contributed by atoms with Gasteiger partial charge in [0.1, 0.15) is 11.3 Å². The fourth-order valence-electron chi connectivity index (χ4n) is 4.09. The highest BCUT2D eigenvalue weighted by Crippen LogP contribution is 2.33. The third-order valence-corrected chi connectivity index (χ3v) is 6.70. The number of hydrogen-bond donors (Lipinski definition) is 0. The highest BCUT2D eigenvalue weighted by Gasteiger charge is 2.45. The SMILES string of the molecule is O=C1c2ccccc2[N+](=O)C1CCSc1cccc(OCC2CCCCC2)c1. The van der Waals surface area contributed by atoms with Crippen molar-refractivity contribution in [3.63, 3.8) is 0 Å². The van der Waals surface area contributed by atoms with E-state index in [2.05, 4.69) is 12.1 Å². The van der Waals surface area contributed by atoms with Crippen LogP contribution >= 0.6 is 11.8 Å². The van der Waals surface area contributed by atoms with Crippen molar-refractivity contribution >= 4 is 23.2 Å². The van der Waals surface area contributed by atoms with Crippen LogP contribution in [0.15, 0.2) is 53.4 Å². The van der Waals surface area contributed by atoms with Gasteiger partial charge in [-0.2, -0.15) is 0 Å². The van der Waals surface area contributed by atoms with Crippen LogP contribution in [0.25, 0.3) is 0 Å². The molecule has 28 heavy (non-hydrogen) atoms. The van der Waals surface area contributed by atoms with Crippen molar-refractivity contribution < 1.29 is 14.3 Å². The third-order valence-electron chi connectivity index (χ3n) is 5.67. The number of nitrogens with zero attached hydrogens (tertiary/aromatic N) is 1. The average Bonchev–Trinajstić information content (AvgIpc) is 2.98. The number of hydrogen-bond acceptors (Lipinski definition) is 4. The Hall–Kier alpha value is -2.14. The van der Waals surface area contributed by atoms with Crippen molar-refractivity contribution in [1.82, 2.24) is 0 Å². The number of carbonyl (C=O) groups is 1. The second-order valence-electron chi connectivity index (χ2n) is 7.65. The summed E-state index contributed by atoms with van der Waals surface area (Å²) in [6, 6.07) is 14.6. The Bertz CT molecular complexity index is 825. The van der Waals surface area contributed by atoms with E-state index in [4.69, 9.17) is 4.74 Å². The predicted molar refractivity (Wildman–Crippen MR) is 112 cm³/mol. The van der Waals surface area contributed by atoms with Crippen molar-refractivity contribution in [2.75, 3.05) is 12.4 Å². The number of ether oxygens (including phenoxy) is 1. The first-order chi connectivity index (χ1) is 13.7. The number of rotatable bonds is 7. The minimum absolute atomic E-state index is 0.0595. The molecule has 5 heteroatoms. The zero-order chi connectivity index (χ0) is 19.3. The molecular weight excluding hydrogens is 370 g/mol. The second-order valence-corrected chi connectivity index (χ2v) is 8.82. The number of thioether (sulfide) groups is 1. The van der Waals surface area contributed by atoms with Crippen LogP contribution in [0.2, 0.25) is 0 Å². The van der Waals surface area contributed by atoms with Crippen molar-refractivity contribution in [2.45, 2.75) is 49.5 Å². The number of fused-ring (bicyclic) bond motifs is 1. The Kier molecular flexibility index (Phi) is 6.10. The molecule has 1 aliphatic heterocycles. The lowest BCUT2D eigenvalue weighted by Gasteiger charge is -2.21. The van der Waals surface area contributed by atoms with Crippen molar-refractivity contribution in [1.29, 1.82) is 0 Å². The number of ketones is 1. The second kappa shape index (κ2) is 8.91. The van der Waals surface area contributed by atoms with Gasteiger partial charge in [-0.15, -0.1) is 11.8 Å². The summed E-state index contributed by atoms with van der Waals surface area (Å²) in [5.74, 6) is 2.25. The molecule has 1 heterocycles. The summed E-state index contributed by atoms with van der Waals surface area (Å²) in [6.45, 7) is 0.800. The Morgan fingerprint density at radius 1 is 1.04 bits per heavy atom. The van der Waals surface area contributed by atoms with E-state index in [-0.39, 0.29) is 5.78 Å². The van der Waals surface area contributed by atoms with Gasteiger partial charge in [-0.05, 0) is 43.0 Å². The molecule has 146 valence electrons. The van der Waals surface area contributed by atoms with E-state index in [1.807, 2.05) is 12.1 Å². The first-order valence-electron chi connectivity index (χ1n) is 10.2. The normalized spacial score (nSPS) is 19.6. The van der Waals surface area contributed by atoms with Crippen LogP contribution in [0.4, 0.5) is 5.69 Å². The molecule has 4 nitrogen and oxygen atoms in total. The maximum atomic E-state index is 12.5. The van der Waals surface area contributed by atoms with Gasteiger partial charge in [-0.25, -0.2) is 0 Å². The van der Waals surface area contributed by atoms with E-state index in [1.54, 1.807) is 36.0 Å². The van der Waals surface area contributed by atoms with Gasteiger partial charge in [0.15, 0.2) is 0 Å². The van der Waals surface area contributed by atoms with Crippen LogP contribution in [0.5, 0.6) is 5.75 Å². The molecule has 1 aliphatic carbocycles. The first-order valence-corrected chi connectivity index (χ1v) is 11.2. The fourth-order valence-corrected chi connectivity index (χ4v) is 5.04. The number of para-hydroxylation sites is 1. The predicted octanol–water partition coefficient (Wildman–Crippen LogP) is 5.80. The Labute approximate surface area is 170 Å². The number of Topliss-reactive ketones (excluding diaryl/α,β-unsaturated/α-hetero) is 1. The molecule has 0 aromatic heterocycles. The molecule has 0 N–H and O–H groups in total. The molecule has 0 bridgehead atoms.